The number of carbonyl (C=O) groups excluding carboxylic acids is 1. The summed E-state index contributed by atoms with van der Waals surface area (Å²) in [6.45, 7) is 9.20. The molecule has 23 heavy (non-hydrogen) atoms. The predicted molar refractivity (Wildman–Crippen MR) is 94.9 cm³/mol. The number of hydrogen-bond acceptors (Lipinski definition) is 4. The normalized spacial score (nSPS) is 11.0. The number of nitrogens with one attached hydrogen (secondary N) is 1. The van der Waals surface area contributed by atoms with Gasteiger partial charge in [0.2, 0.25) is 5.91 Å². The molecule has 124 valence electrons. The van der Waals surface area contributed by atoms with E-state index in [2.05, 4.69) is 40.9 Å². The summed E-state index contributed by atoms with van der Waals surface area (Å²) in [5, 5.41) is 12.3. The summed E-state index contributed by atoms with van der Waals surface area (Å²) in [6, 6.07) is 7.77. The van der Waals surface area contributed by atoms with Crippen molar-refractivity contribution in [1.29, 1.82) is 0 Å². The number of anilines is 1. The third-order valence-electron chi connectivity index (χ3n) is 3.46. The van der Waals surface area contributed by atoms with Gasteiger partial charge < -0.3 is 9.88 Å². The molecule has 1 aromatic heterocycles. The van der Waals surface area contributed by atoms with Crippen molar-refractivity contribution in [2.75, 3.05) is 11.1 Å². The second kappa shape index (κ2) is 8.15. The summed E-state index contributed by atoms with van der Waals surface area (Å²) in [5.74, 6) is 1.60. The SMILES string of the molecule is CCCn1c(SCC(=O)Nc2ccccc2C)nnc1C(C)C. The Morgan fingerprint density at radius 3 is 2.70 bits per heavy atom. The first-order valence-electron chi connectivity index (χ1n) is 7.94. The van der Waals surface area contributed by atoms with Crippen molar-refractivity contribution in [2.45, 2.75) is 51.7 Å². The van der Waals surface area contributed by atoms with E-state index < -0.39 is 0 Å². The molecule has 0 aliphatic carbocycles. The van der Waals surface area contributed by atoms with Crippen LogP contribution < -0.4 is 5.32 Å². The van der Waals surface area contributed by atoms with Crippen LogP contribution in [-0.2, 0) is 11.3 Å². The van der Waals surface area contributed by atoms with E-state index in [9.17, 15) is 4.79 Å². The van der Waals surface area contributed by atoms with Gasteiger partial charge in [-0.3, -0.25) is 4.79 Å². The highest BCUT2D eigenvalue weighted by Crippen LogP contribution is 2.22. The van der Waals surface area contributed by atoms with Crippen molar-refractivity contribution in [2.24, 2.45) is 0 Å². The van der Waals surface area contributed by atoms with E-state index in [-0.39, 0.29) is 5.91 Å². The van der Waals surface area contributed by atoms with Crippen LogP contribution in [-0.4, -0.2) is 26.4 Å². The summed E-state index contributed by atoms with van der Waals surface area (Å²) in [5.41, 5.74) is 1.91. The van der Waals surface area contributed by atoms with Gasteiger partial charge in [0.25, 0.3) is 0 Å². The molecule has 0 saturated heterocycles. The molecule has 6 heteroatoms. The van der Waals surface area contributed by atoms with Crippen LogP contribution in [0.3, 0.4) is 0 Å². The first kappa shape index (κ1) is 17.5. The molecule has 0 aliphatic heterocycles. The average molecular weight is 332 g/mol. The second-order valence-corrected chi connectivity index (χ2v) is 6.74. The topological polar surface area (TPSA) is 59.8 Å². The van der Waals surface area contributed by atoms with Gasteiger partial charge in [0.05, 0.1) is 5.75 Å². The molecule has 0 radical (unpaired) electrons. The first-order valence-corrected chi connectivity index (χ1v) is 8.92. The van der Waals surface area contributed by atoms with Gasteiger partial charge in [-0.15, -0.1) is 10.2 Å². The van der Waals surface area contributed by atoms with E-state index in [0.717, 1.165) is 35.2 Å². The maximum Gasteiger partial charge on any atom is 0.234 e. The molecule has 0 spiro atoms. The van der Waals surface area contributed by atoms with Crippen LogP contribution in [0.4, 0.5) is 5.69 Å². The smallest absolute Gasteiger partial charge is 0.234 e. The highest BCUT2D eigenvalue weighted by Gasteiger charge is 2.16. The van der Waals surface area contributed by atoms with Gasteiger partial charge in [-0.2, -0.15) is 0 Å². The summed E-state index contributed by atoms with van der Waals surface area (Å²) in [7, 11) is 0. The van der Waals surface area contributed by atoms with Crippen LogP contribution in [0.25, 0.3) is 0 Å². The molecule has 1 aromatic carbocycles. The van der Waals surface area contributed by atoms with Gasteiger partial charge in [-0.05, 0) is 25.0 Å². The van der Waals surface area contributed by atoms with Crippen molar-refractivity contribution in [3.63, 3.8) is 0 Å². The minimum atomic E-state index is -0.0264. The number of hydrogen-bond donors (Lipinski definition) is 1. The number of para-hydroxylation sites is 1. The molecule has 0 bridgehead atoms. The van der Waals surface area contributed by atoms with E-state index in [1.807, 2.05) is 31.2 Å². The van der Waals surface area contributed by atoms with E-state index in [1.165, 1.54) is 11.8 Å². The molecule has 0 unspecified atom stereocenters. The zero-order valence-corrected chi connectivity index (χ0v) is 15.0. The Labute approximate surface area is 141 Å². The molecule has 0 fully saturated rings. The monoisotopic (exact) mass is 332 g/mol. The van der Waals surface area contributed by atoms with Crippen LogP contribution in [0.1, 0.15) is 44.5 Å². The highest BCUT2D eigenvalue weighted by atomic mass is 32.2. The zero-order valence-electron chi connectivity index (χ0n) is 14.2. The zero-order chi connectivity index (χ0) is 16.8. The molecule has 2 aromatic rings. The van der Waals surface area contributed by atoms with Crippen LogP contribution in [0, 0.1) is 6.92 Å². The van der Waals surface area contributed by atoms with E-state index >= 15 is 0 Å². The van der Waals surface area contributed by atoms with Crippen molar-refractivity contribution in [3.8, 4) is 0 Å². The number of thioether (sulfide) groups is 1. The molecule has 0 aliphatic rings. The number of nitrogens with zero attached hydrogens (tertiary/aromatic N) is 3. The lowest BCUT2D eigenvalue weighted by atomic mass is 10.2. The number of amides is 1. The summed E-state index contributed by atoms with van der Waals surface area (Å²) >= 11 is 1.44. The second-order valence-electron chi connectivity index (χ2n) is 5.80. The third-order valence-corrected chi connectivity index (χ3v) is 4.43. The van der Waals surface area contributed by atoms with E-state index in [0.29, 0.717) is 11.7 Å². The van der Waals surface area contributed by atoms with Gasteiger partial charge in [0, 0.05) is 18.2 Å². The number of benzene rings is 1. The predicted octanol–water partition coefficient (Wildman–Crippen LogP) is 3.85. The number of carbonyl (C=O) groups is 1. The average Bonchev–Trinajstić information content (AvgIpc) is 2.91. The number of aromatic nitrogens is 3. The lowest BCUT2D eigenvalue weighted by Gasteiger charge is -2.11. The van der Waals surface area contributed by atoms with Gasteiger partial charge in [-0.1, -0.05) is 50.7 Å². The molecule has 1 heterocycles. The van der Waals surface area contributed by atoms with Crippen molar-refractivity contribution >= 4 is 23.4 Å². The van der Waals surface area contributed by atoms with Gasteiger partial charge in [0.1, 0.15) is 5.82 Å². The quantitative estimate of drug-likeness (QED) is 0.782. The van der Waals surface area contributed by atoms with Crippen LogP contribution >= 0.6 is 11.8 Å². The maximum absolute atomic E-state index is 12.2. The van der Waals surface area contributed by atoms with E-state index in [4.69, 9.17) is 0 Å². The molecule has 1 N–H and O–H groups in total. The molecule has 0 saturated carbocycles. The number of aryl methyl sites for hydroxylation is 1. The van der Waals surface area contributed by atoms with Crippen LogP contribution in [0.5, 0.6) is 0 Å². The Morgan fingerprint density at radius 1 is 1.30 bits per heavy atom. The van der Waals surface area contributed by atoms with Crippen LogP contribution in [0.2, 0.25) is 0 Å². The van der Waals surface area contributed by atoms with Crippen LogP contribution in [0.15, 0.2) is 29.4 Å². The molecule has 5 nitrogen and oxygen atoms in total. The Bertz CT molecular complexity index is 666. The fraction of sp³-hybridized carbons (Fsp3) is 0.471. The first-order chi connectivity index (χ1) is 11.0. The summed E-state index contributed by atoms with van der Waals surface area (Å²) in [6.07, 6.45) is 1.01. The fourth-order valence-electron chi connectivity index (χ4n) is 2.30. The Hall–Kier alpha value is -1.82. The van der Waals surface area contributed by atoms with Crippen molar-refractivity contribution in [3.05, 3.63) is 35.7 Å². The van der Waals surface area contributed by atoms with E-state index in [1.54, 1.807) is 0 Å². The van der Waals surface area contributed by atoms with Crippen molar-refractivity contribution < 1.29 is 4.79 Å². The molecule has 1 amide bonds. The largest absolute Gasteiger partial charge is 0.325 e. The summed E-state index contributed by atoms with van der Waals surface area (Å²) in [4.78, 5) is 12.2. The van der Waals surface area contributed by atoms with Gasteiger partial charge in [-0.25, -0.2) is 0 Å². The minimum absolute atomic E-state index is 0.0264. The Morgan fingerprint density at radius 2 is 2.04 bits per heavy atom. The maximum atomic E-state index is 12.2. The molecule has 0 atom stereocenters. The Balaban J connectivity index is 2.00. The lowest BCUT2D eigenvalue weighted by molar-refractivity contribution is -0.113. The van der Waals surface area contributed by atoms with Crippen molar-refractivity contribution in [1.82, 2.24) is 14.8 Å². The Kier molecular flexibility index (Phi) is 6.21. The number of rotatable bonds is 7. The molecular formula is C17H24N4OS. The molecule has 2 rings (SSSR count). The molecular weight excluding hydrogens is 308 g/mol. The summed E-state index contributed by atoms with van der Waals surface area (Å²) < 4.78 is 2.12. The van der Waals surface area contributed by atoms with Gasteiger partial charge in [0.15, 0.2) is 5.16 Å². The minimum Gasteiger partial charge on any atom is -0.325 e. The lowest BCUT2D eigenvalue weighted by Crippen LogP contribution is -2.15. The van der Waals surface area contributed by atoms with Gasteiger partial charge >= 0.3 is 0 Å². The fourth-order valence-corrected chi connectivity index (χ4v) is 3.07. The standard InChI is InChI=1S/C17H24N4OS/c1-5-10-21-16(12(2)3)19-20-17(21)23-11-15(22)18-14-9-7-6-8-13(14)4/h6-9,12H,5,10-11H2,1-4H3,(H,18,22). The highest BCUT2D eigenvalue weighted by molar-refractivity contribution is 7.99. The third kappa shape index (κ3) is 4.58.